The van der Waals surface area contributed by atoms with Crippen LogP contribution in [0.15, 0.2) is 53.0 Å². The van der Waals surface area contributed by atoms with Crippen LogP contribution in [0.1, 0.15) is 28.8 Å². The van der Waals surface area contributed by atoms with E-state index in [0.29, 0.717) is 11.3 Å². The number of ether oxygens (including phenoxy) is 1. The number of rotatable bonds is 4. The zero-order chi connectivity index (χ0) is 17.1. The van der Waals surface area contributed by atoms with Crippen molar-refractivity contribution in [3.05, 3.63) is 64.1 Å². The van der Waals surface area contributed by atoms with E-state index in [1.165, 1.54) is 0 Å². The normalized spacial score (nSPS) is 14.1. The molecule has 0 aliphatic carbocycles. The van der Waals surface area contributed by atoms with Gasteiger partial charge in [-0.1, -0.05) is 34.1 Å². The fraction of sp³-hybridized carbons (Fsp3) is 0.167. The Morgan fingerprint density at radius 3 is 2.25 bits per heavy atom. The molecule has 122 valence electrons. The maximum Gasteiger partial charge on any atom is 0.338 e. The largest absolute Gasteiger partial charge is 0.457 e. The third-order valence-electron chi connectivity index (χ3n) is 3.73. The number of hydrogen-bond acceptors (Lipinski definition) is 4. The van der Waals surface area contributed by atoms with Crippen LogP contribution < -0.4 is 4.90 Å². The summed E-state index contributed by atoms with van der Waals surface area (Å²) in [4.78, 5) is 36.7. The highest BCUT2D eigenvalue weighted by Gasteiger charge is 2.30. The summed E-state index contributed by atoms with van der Waals surface area (Å²) in [6, 6.07) is 13.8. The summed E-state index contributed by atoms with van der Waals surface area (Å²) < 4.78 is 6.16. The Labute approximate surface area is 147 Å². The minimum atomic E-state index is -0.462. The molecule has 1 heterocycles. The molecule has 0 saturated carbocycles. The van der Waals surface area contributed by atoms with Crippen LogP contribution in [0.2, 0.25) is 0 Å². The van der Waals surface area contributed by atoms with Gasteiger partial charge >= 0.3 is 5.97 Å². The Morgan fingerprint density at radius 2 is 1.62 bits per heavy atom. The number of halogens is 1. The number of carbonyl (C=O) groups is 3. The van der Waals surface area contributed by atoms with E-state index >= 15 is 0 Å². The second-order valence-electron chi connectivity index (χ2n) is 5.34. The van der Waals surface area contributed by atoms with Crippen LogP contribution in [0.4, 0.5) is 5.69 Å². The van der Waals surface area contributed by atoms with Crippen molar-refractivity contribution in [1.29, 1.82) is 0 Å². The first-order valence-electron chi connectivity index (χ1n) is 7.42. The molecule has 1 aliphatic rings. The number of esters is 1. The summed E-state index contributed by atoms with van der Waals surface area (Å²) in [6.45, 7) is 0.158. The standard InChI is InChI=1S/C18H14BrNO4/c19-15-4-2-1-3-13(15)11-24-18(23)12-5-7-14(8-6-12)20-16(21)9-10-17(20)22/h1-8H,9-11H2. The topological polar surface area (TPSA) is 63.7 Å². The van der Waals surface area contributed by atoms with Gasteiger partial charge in [-0.05, 0) is 30.3 Å². The molecule has 0 atom stereocenters. The van der Waals surface area contributed by atoms with Crippen molar-refractivity contribution < 1.29 is 19.1 Å². The van der Waals surface area contributed by atoms with Gasteiger partial charge in [-0.25, -0.2) is 4.79 Å². The highest BCUT2D eigenvalue weighted by molar-refractivity contribution is 9.10. The third kappa shape index (κ3) is 3.38. The van der Waals surface area contributed by atoms with Gasteiger partial charge in [-0.15, -0.1) is 0 Å². The molecule has 0 radical (unpaired) electrons. The Hall–Kier alpha value is -2.47. The fourth-order valence-electron chi connectivity index (χ4n) is 2.45. The molecular weight excluding hydrogens is 374 g/mol. The lowest BCUT2D eigenvalue weighted by Gasteiger charge is -2.14. The lowest BCUT2D eigenvalue weighted by atomic mass is 10.2. The molecule has 3 rings (SSSR count). The number of anilines is 1. The van der Waals surface area contributed by atoms with Crippen LogP contribution in [0, 0.1) is 0 Å². The molecule has 0 spiro atoms. The lowest BCUT2D eigenvalue weighted by molar-refractivity contribution is -0.121. The maximum atomic E-state index is 12.1. The molecule has 0 unspecified atom stereocenters. The lowest BCUT2D eigenvalue weighted by Crippen LogP contribution is -2.28. The average molecular weight is 388 g/mol. The highest BCUT2D eigenvalue weighted by atomic mass is 79.9. The van der Waals surface area contributed by atoms with E-state index in [4.69, 9.17) is 4.74 Å². The second kappa shape index (κ2) is 6.97. The third-order valence-corrected chi connectivity index (χ3v) is 4.50. The van der Waals surface area contributed by atoms with Crippen molar-refractivity contribution in [2.75, 3.05) is 4.90 Å². The minimum Gasteiger partial charge on any atom is -0.457 e. The number of hydrogen-bond donors (Lipinski definition) is 0. The van der Waals surface area contributed by atoms with E-state index in [9.17, 15) is 14.4 Å². The molecule has 1 fully saturated rings. The van der Waals surface area contributed by atoms with E-state index < -0.39 is 5.97 Å². The van der Waals surface area contributed by atoms with Gasteiger partial charge in [-0.3, -0.25) is 14.5 Å². The summed E-state index contributed by atoms with van der Waals surface area (Å²) in [5, 5.41) is 0. The highest BCUT2D eigenvalue weighted by Crippen LogP contribution is 2.23. The summed E-state index contributed by atoms with van der Waals surface area (Å²) in [7, 11) is 0. The molecule has 1 aliphatic heterocycles. The molecule has 2 aromatic rings. The monoisotopic (exact) mass is 387 g/mol. The van der Waals surface area contributed by atoms with Crippen molar-refractivity contribution >= 4 is 39.4 Å². The first-order valence-corrected chi connectivity index (χ1v) is 8.22. The van der Waals surface area contributed by atoms with Crippen LogP contribution in [0.25, 0.3) is 0 Å². The number of nitrogens with zero attached hydrogens (tertiary/aromatic N) is 1. The zero-order valence-electron chi connectivity index (χ0n) is 12.7. The van der Waals surface area contributed by atoms with Crippen molar-refractivity contribution in [3.8, 4) is 0 Å². The van der Waals surface area contributed by atoms with Gasteiger partial charge in [0.1, 0.15) is 6.61 Å². The van der Waals surface area contributed by atoms with Crippen LogP contribution in [-0.4, -0.2) is 17.8 Å². The summed E-state index contributed by atoms with van der Waals surface area (Å²) in [5.74, 6) is -0.898. The van der Waals surface area contributed by atoms with Gasteiger partial charge < -0.3 is 4.74 Å². The Bertz CT molecular complexity index is 785. The van der Waals surface area contributed by atoms with Crippen molar-refractivity contribution in [3.63, 3.8) is 0 Å². The molecule has 24 heavy (non-hydrogen) atoms. The van der Waals surface area contributed by atoms with E-state index in [1.54, 1.807) is 24.3 Å². The van der Waals surface area contributed by atoms with Crippen LogP contribution in [0.5, 0.6) is 0 Å². The second-order valence-corrected chi connectivity index (χ2v) is 6.19. The SMILES string of the molecule is O=C(OCc1ccccc1Br)c1ccc(N2C(=O)CCC2=O)cc1. The molecular formula is C18H14BrNO4. The average Bonchev–Trinajstić information content (AvgIpc) is 2.93. The van der Waals surface area contributed by atoms with Crippen LogP contribution in [-0.2, 0) is 20.9 Å². The van der Waals surface area contributed by atoms with Gasteiger partial charge in [0.05, 0.1) is 11.3 Å². The number of amides is 2. The predicted octanol–water partition coefficient (Wildman–Crippen LogP) is 3.46. The molecule has 1 saturated heterocycles. The van der Waals surface area contributed by atoms with Crippen LogP contribution >= 0.6 is 15.9 Å². The molecule has 0 N–H and O–H groups in total. The van der Waals surface area contributed by atoms with Crippen molar-refractivity contribution in [2.45, 2.75) is 19.4 Å². The van der Waals surface area contributed by atoms with E-state index in [1.807, 2.05) is 24.3 Å². The quantitative estimate of drug-likeness (QED) is 0.595. The van der Waals surface area contributed by atoms with E-state index in [-0.39, 0.29) is 31.3 Å². The molecule has 2 aromatic carbocycles. The minimum absolute atomic E-state index is 0.158. The predicted molar refractivity (Wildman–Crippen MR) is 91.4 cm³/mol. The molecule has 2 amide bonds. The van der Waals surface area contributed by atoms with Crippen molar-refractivity contribution in [2.24, 2.45) is 0 Å². The van der Waals surface area contributed by atoms with Crippen LogP contribution in [0.3, 0.4) is 0 Å². The summed E-state index contributed by atoms with van der Waals surface area (Å²) in [6.07, 6.45) is 0.461. The Morgan fingerprint density at radius 1 is 1.00 bits per heavy atom. The Balaban J connectivity index is 1.67. The summed E-state index contributed by atoms with van der Waals surface area (Å²) in [5.41, 5.74) is 1.71. The maximum absolute atomic E-state index is 12.1. The first-order chi connectivity index (χ1) is 11.6. The smallest absolute Gasteiger partial charge is 0.338 e. The van der Waals surface area contributed by atoms with Gasteiger partial charge in [0.2, 0.25) is 11.8 Å². The van der Waals surface area contributed by atoms with E-state index in [0.717, 1.165) is 14.9 Å². The molecule has 6 heteroatoms. The summed E-state index contributed by atoms with van der Waals surface area (Å²) >= 11 is 3.40. The molecule has 0 aromatic heterocycles. The first kappa shape index (κ1) is 16.4. The number of benzene rings is 2. The van der Waals surface area contributed by atoms with Gasteiger partial charge in [0.15, 0.2) is 0 Å². The molecule has 0 bridgehead atoms. The van der Waals surface area contributed by atoms with Gasteiger partial charge in [0.25, 0.3) is 0 Å². The van der Waals surface area contributed by atoms with Crippen molar-refractivity contribution in [1.82, 2.24) is 0 Å². The van der Waals surface area contributed by atoms with Gasteiger partial charge in [-0.2, -0.15) is 0 Å². The Kier molecular flexibility index (Phi) is 4.76. The van der Waals surface area contributed by atoms with E-state index in [2.05, 4.69) is 15.9 Å². The molecule has 5 nitrogen and oxygen atoms in total. The number of carbonyl (C=O) groups excluding carboxylic acids is 3. The fourth-order valence-corrected chi connectivity index (χ4v) is 2.85. The zero-order valence-corrected chi connectivity index (χ0v) is 14.3. The number of imide groups is 1. The van der Waals surface area contributed by atoms with Gasteiger partial charge in [0, 0.05) is 22.9 Å².